The normalized spacial score (nSPS) is 38.0. The molecule has 3 atom stereocenters. The summed E-state index contributed by atoms with van der Waals surface area (Å²) in [4.78, 5) is 14.3. The maximum Gasteiger partial charge on any atom is 0.317 e. The van der Waals surface area contributed by atoms with Gasteiger partial charge in [0, 0.05) is 18.6 Å². The molecule has 2 bridgehead atoms. The van der Waals surface area contributed by atoms with E-state index in [-0.39, 0.29) is 18.1 Å². The number of rotatable bonds is 4. The van der Waals surface area contributed by atoms with E-state index in [1.807, 2.05) is 4.90 Å². The fourth-order valence-corrected chi connectivity index (χ4v) is 4.60. The second-order valence-corrected chi connectivity index (χ2v) is 7.76. The fraction of sp³-hybridized carbons (Fsp3) is 0.938. The second-order valence-electron chi connectivity index (χ2n) is 7.76. The molecule has 3 saturated carbocycles. The lowest BCUT2D eigenvalue weighted by Gasteiger charge is -2.40. The number of urea groups is 1. The zero-order valence-electron chi connectivity index (χ0n) is 13.0. The first-order valence-corrected chi connectivity index (χ1v) is 8.08. The van der Waals surface area contributed by atoms with Crippen LogP contribution in [0.1, 0.15) is 52.9 Å². The van der Waals surface area contributed by atoms with Gasteiger partial charge in [-0.25, -0.2) is 4.79 Å². The molecule has 2 N–H and O–H groups in total. The molecule has 114 valence electrons. The van der Waals surface area contributed by atoms with Crippen molar-refractivity contribution in [3.8, 4) is 0 Å². The van der Waals surface area contributed by atoms with E-state index in [2.05, 4.69) is 26.1 Å². The summed E-state index contributed by atoms with van der Waals surface area (Å²) in [6, 6.07) is 0.696. The van der Waals surface area contributed by atoms with Crippen molar-refractivity contribution in [1.29, 1.82) is 0 Å². The first-order chi connectivity index (χ1) is 9.40. The van der Waals surface area contributed by atoms with Crippen molar-refractivity contribution in [2.75, 3.05) is 13.2 Å². The van der Waals surface area contributed by atoms with Gasteiger partial charge < -0.3 is 15.3 Å². The molecule has 3 rings (SSSR count). The van der Waals surface area contributed by atoms with Crippen LogP contribution >= 0.6 is 0 Å². The highest BCUT2D eigenvalue weighted by molar-refractivity contribution is 5.75. The van der Waals surface area contributed by atoms with Crippen molar-refractivity contribution in [2.45, 2.75) is 65.0 Å². The number of hydrogen-bond donors (Lipinski definition) is 2. The van der Waals surface area contributed by atoms with Gasteiger partial charge in [-0.2, -0.15) is 0 Å². The van der Waals surface area contributed by atoms with Gasteiger partial charge in [-0.05, 0) is 48.9 Å². The number of aliphatic hydroxyl groups is 1. The van der Waals surface area contributed by atoms with E-state index in [0.717, 1.165) is 25.2 Å². The Morgan fingerprint density at radius 3 is 2.45 bits per heavy atom. The van der Waals surface area contributed by atoms with Crippen molar-refractivity contribution in [1.82, 2.24) is 10.2 Å². The van der Waals surface area contributed by atoms with E-state index < -0.39 is 0 Å². The minimum absolute atomic E-state index is 0.0381. The Balaban J connectivity index is 1.68. The van der Waals surface area contributed by atoms with E-state index in [1.165, 1.54) is 12.8 Å². The maximum atomic E-state index is 12.5. The highest BCUT2D eigenvalue weighted by atomic mass is 16.3. The standard InChI is InChI=1S/C16H28N2O2/c1-15(2)11-6-7-16(15,3)13(10-11)17-14(20)18(8-9-19)12-4-5-12/h11-13,19H,4-10H2,1-3H3,(H,17,20)/t11-,13+,16-/m0/s1. The minimum Gasteiger partial charge on any atom is -0.395 e. The molecular formula is C16H28N2O2. The van der Waals surface area contributed by atoms with Crippen molar-refractivity contribution >= 4 is 6.03 Å². The lowest BCUT2D eigenvalue weighted by Crippen LogP contribution is -2.52. The van der Waals surface area contributed by atoms with Gasteiger partial charge in [-0.3, -0.25) is 0 Å². The van der Waals surface area contributed by atoms with E-state index in [4.69, 9.17) is 5.11 Å². The zero-order chi connectivity index (χ0) is 14.5. The van der Waals surface area contributed by atoms with Crippen LogP contribution in [0.4, 0.5) is 4.79 Å². The first kappa shape index (κ1) is 14.2. The summed E-state index contributed by atoms with van der Waals surface area (Å²) in [7, 11) is 0. The van der Waals surface area contributed by atoms with Gasteiger partial charge in [0.05, 0.1) is 6.61 Å². The van der Waals surface area contributed by atoms with Gasteiger partial charge in [0.15, 0.2) is 0 Å². The van der Waals surface area contributed by atoms with Crippen molar-refractivity contribution in [3.05, 3.63) is 0 Å². The molecule has 0 aromatic carbocycles. The van der Waals surface area contributed by atoms with Crippen LogP contribution in [-0.4, -0.2) is 41.3 Å². The third-order valence-corrected chi connectivity index (χ3v) is 6.68. The summed E-state index contributed by atoms with van der Waals surface area (Å²) in [5, 5.41) is 12.4. The Hall–Kier alpha value is -0.770. The van der Waals surface area contributed by atoms with Gasteiger partial charge in [0.1, 0.15) is 0 Å². The quantitative estimate of drug-likeness (QED) is 0.830. The minimum atomic E-state index is 0.0381. The molecule has 4 nitrogen and oxygen atoms in total. The molecule has 0 aromatic heterocycles. The van der Waals surface area contributed by atoms with Gasteiger partial charge in [0.25, 0.3) is 0 Å². The molecule has 4 heteroatoms. The van der Waals surface area contributed by atoms with Crippen molar-refractivity contribution < 1.29 is 9.90 Å². The molecule has 0 aromatic rings. The third-order valence-electron chi connectivity index (χ3n) is 6.68. The number of nitrogens with zero attached hydrogens (tertiary/aromatic N) is 1. The van der Waals surface area contributed by atoms with Crippen LogP contribution in [0, 0.1) is 16.7 Å². The number of carbonyl (C=O) groups is 1. The Labute approximate surface area is 121 Å². The average molecular weight is 280 g/mol. The molecule has 3 aliphatic carbocycles. The van der Waals surface area contributed by atoms with E-state index >= 15 is 0 Å². The molecule has 0 spiro atoms. The Kier molecular flexibility index (Phi) is 3.27. The second kappa shape index (κ2) is 4.62. The number of amides is 2. The Bertz CT molecular complexity index is 405. The topological polar surface area (TPSA) is 52.6 Å². The van der Waals surface area contributed by atoms with Crippen LogP contribution in [0.15, 0.2) is 0 Å². The summed E-state index contributed by atoms with van der Waals surface area (Å²) in [5.74, 6) is 0.741. The number of carbonyl (C=O) groups excluding carboxylic acids is 1. The lowest BCUT2D eigenvalue weighted by molar-refractivity contribution is 0.114. The maximum absolute atomic E-state index is 12.5. The van der Waals surface area contributed by atoms with Gasteiger partial charge >= 0.3 is 6.03 Å². The number of hydrogen-bond acceptors (Lipinski definition) is 2. The van der Waals surface area contributed by atoms with E-state index in [9.17, 15) is 4.79 Å². The summed E-state index contributed by atoms with van der Waals surface area (Å²) in [6.07, 6.45) is 5.82. The monoisotopic (exact) mass is 280 g/mol. The van der Waals surface area contributed by atoms with Crippen LogP contribution in [0.5, 0.6) is 0 Å². The lowest BCUT2D eigenvalue weighted by atomic mass is 9.69. The SMILES string of the molecule is CC1(C)[C@H]2CC[C@@]1(C)[C@H](NC(=O)N(CCO)C1CC1)C2. The smallest absolute Gasteiger partial charge is 0.317 e. The summed E-state index contributed by atoms with van der Waals surface area (Å²) in [5.41, 5.74) is 0.550. The van der Waals surface area contributed by atoms with Gasteiger partial charge in [-0.15, -0.1) is 0 Å². The molecule has 0 heterocycles. The van der Waals surface area contributed by atoms with Crippen LogP contribution in [-0.2, 0) is 0 Å². The van der Waals surface area contributed by atoms with Gasteiger partial charge in [0.2, 0.25) is 0 Å². The predicted octanol–water partition coefficient (Wildman–Crippen LogP) is 2.37. The number of fused-ring (bicyclic) bond motifs is 2. The van der Waals surface area contributed by atoms with E-state index in [1.54, 1.807) is 0 Å². The molecule has 0 unspecified atom stereocenters. The Morgan fingerprint density at radius 2 is 2.00 bits per heavy atom. The zero-order valence-corrected chi connectivity index (χ0v) is 13.0. The Morgan fingerprint density at radius 1 is 1.30 bits per heavy atom. The molecule has 3 fully saturated rings. The van der Waals surface area contributed by atoms with Crippen LogP contribution < -0.4 is 5.32 Å². The summed E-state index contributed by atoms with van der Waals surface area (Å²) >= 11 is 0. The molecule has 0 saturated heterocycles. The number of aliphatic hydroxyl groups excluding tert-OH is 1. The molecular weight excluding hydrogens is 252 g/mol. The molecule has 0 aliphatic heterocycles. The largest absolute Gasteiger partial charge is 0.395 e. The predicted molar refractivity (Wildman–Crippen MR) is 78.4 cm³/mol. The van der Waals surface area contributed by atoms with Gasteiger partial charge in [-0.1, -0.05) is 20.8 Å². The molecule has 2 amide bonds. The van der Waals surface area contributed by atoms with Crippen LogP contribution in [0.3, 0.4) is 0 Å². The molecule has 0 radical (unpaired) electrons. The number of nitrogens with one attached hydrogen (secondary N) is 1. The van der Waals surface area contributed by atoms with Crippen LogP contribution in [0.2, 0.25) is 0 Å². The third kappa shape index (κ3) is 1.95. The average Bonchev–Trinajstić information content (AvgIpc) is 3.16. The highest BCUT2D eigenvalue weighted by Gasteiger charge is 2.61. The van der Waals surface area contributed by atoms with Crippen LogP contribution in [0.25, 0.3) is 0 Å². The molecule has 20 heavy (non-hydrogen) atoms. The summed E-state index contributed by atoms with van der Waals surface area (Å²) in [6.45, 7) is 7.59. The summed E-state index contributed by atoms with van der Waals surface area (Å²) < 4.78 is 0. The molecule has 3 aliphatic rings. The highest BCUT2D eigenvalue weighted by Crippen LogP contribution is 2.65. The van der Waals surface area contributed by atoms with Crippen molar-refractivity contribution in [3.63, 3.8) is 0 Å². The van der Waals surface area contributed by atoms with E-state index in [0.29, 0.717) is 24.0 Å². The fourth-order valence-electron chi connectivity index (χ4n) is 4.60. The van der Waals surface area contributed by atoms with Crippen molar-refractivity contribution in [2.24, 2.45) is 16.7 Å². The first-order valence-electron chi connectivity index (χ1n) is 8.08.